The van der Waals surface area contributed by atoms with Crippen LogP contribution in [0.4, 0.5) is 9.59 Å². The van der Waals surface area contributed by atoms with Gasteiger partial charge in [-0.25, -0.2) is 19.2 Å². The molecule has 0 spiro atoms. The maximum Gasteiger partial charge on any atom is 0.408 e. The number of carboxylic acid groups (broad SMARTS) is 1. The molecule has 2 amide bonds. The van der Waals surface area contributed by atoms with E-state index in [2.05, 4.69) is 10.6 Å². The van der Waals surface area contributed by atoms with Crippen LogP contribution in [0.25, 0.3) is 0 Å². The van der Waals surface area contributed by atoms with Crippen LogP contribution in [-0.2, 0) is 36.6 Å². The van der Waals surface area contributed by atoms with E-state index in [9.17, 15) is 19.2 Å². The molecule has 0 aliphatic heterocycles. The lowest BCUT2D eigenvalue weighted by Gasteiger charge is -2.22. The summed E-state index contributed by atoms with van der Waals surface area (Å²) in [6, 6.07) is 16.7. The SMILES string of the molecule is CC(C)(C)OC(=O)NC(Cc1ccccc1)C(=O)O.COC(=O)C(Cc1ccccc1)NC(=O)OC(C)(C)C. The lowest BCUT2D eigenvalue weighted by atomic mass is 10.1. The van der Waals surface area contributed by atoms with E-state index in [-0.39, 0.29) is 6.42 Å². The minimum Gasteiger partial charge on any atom is -0.480 e. The van der Waals surface area contributed by atoms with Gasteiger partial charge in [0, 0.05) is 12.8 Å². The van der Waals surface area contributed by atoms with Gasteiger partial charge in [0.1, 0.15) is 23.3 Å². The molecule has 0 aliphatic rings. The Labute approximate surface area is 230 Å². The minimum atomic E-state index is -1.09. The largest absolute Gasteiger partial charge is 0.480 e. The number of rotatable bonds is 8. The first kappa shape index (κ1) is 32.9. The predicted octanol–water partition coefficient (Wildman–Crippen LogP) is 4.50. The molecule has 2 aromatic rings. The molecule has 0 bridgehead atoms. The van der Waals surface area contributed by atoms with Gasteiger partial charge < -0.3 is 30.0 Å². The number of aliphatic carboxylic acids is 1. The first-order chi connectivity index (χ1) is 18.1. The molecule has 214 valence electrons. The maximum absolute atomic E-state index is 11.7. The molecule has 10 heteroatoms. The van der Waals surface area contributed by atoms with E-state index in [1.54, 1.807) is 41.5 Å². The van der Waals surface area contributed by atoms with E-state index < -0.39 is 47.4 Å². The highest BCUT2D eigenvalue weighted by atomic mass is 16.6. The highest BCUT2D eigenvalue weighted by molar-refractivity contribution is 5.82. The minimum absolute atomic E-state index is 0.218. The third kappa shape index (κ3) is 15.1. The Hall–Kier alpha value is -4.08. The number of methoxy groups -OCH3 is 1. The normalized spacial score (nSPS) is 12.5. The molecule has 2 atom stereocenters. The Balaban J connectivity index is 0.000000391. The van der Waals surface area contributed by atoms with Crippen molar-refractivity contribution in [2.75, 3.05) is 7.11 Å². The van der Waals surface area contributed by atoms with Crippen LogP contribution < -0.4 is 10.6 Å². The summed E-state index contributed by atoms with van der Waals surface area (Å²) in [5, 5.41) is 14.0. The second-order valence-corrected chi connectivity index (χ2v) is 10.6. The summed E-state index contributed by atoms with van der Waals surface area (Å²) in [4.78, 5) is 46.2. The molecular formula is C29H40N2O8. The molecule has 0 heterocycles. The number of hydrogen-bond acceptors (Lipinski definition) is 7. The first-order valence-corrected chi connectivity index (χ1v) is 12.5. The highest BCUT2D eigenvalue weighted by Crippen LogP contribution is 2.10. The Morgan fingerprint density at radius 3 is 1.38 bits per heavy atom. The van der Waals surface area contributed by atoms with Crippen LogP contribution in [0.15, 0.2) is 60.7 Å². The summed E-state index contributed by atoms with van der Waals surface area (Å²) in [6.07, 6.45) is -0.790. The van der Waals surface area contributed by atoms with Crippen molar-refractivity contribution in [2.45, 2.75) is 77.7 Å². The van der Waals surface area contributed by atoms with Crippen LogP contribution in [0.3, 0.4) is 0 Å². The molecule has 2 unspecified atom stereocenters. The molecule has 0 saturated carbocycles. The zero-order valence-corrected chi connectivity index (χ0v) is 23.6. The zero-order valence-electron chi connectivity index (χ0n) is 23.6. The second kappa shape index (κ2) is 15.4. The number of benzene rings is 2. The van der Waals surface area contributed by atoms with Crippen molar-refractivity contribution in [1.82, 2.24) is 10.6 Å². The van der Waals surface area contributed by atoms with Crippen molar-refractivity contribution in [3.05, 3.63) is 71.8 Å². The fourth-order valence-corrected chi connectivity index (χ4v) is 3.13. The molecule has 0 fully saturated rings. The van der Waals surface area contributed by atoms with Gasteiger partial charge in [-0.05, 0) is 52.7 Å². The Morgan fingerprint density at radius 1 is 0.692 bits per heavy atom. The molecule has 39 heavy (non-hydrogen) atoms. The van der Waals surface area contributed by atoms with Crippen LogP contribution >= 0.6 is 0 Å². The molecule has 10 nitrogen and oxygen atoms in total. The van der Waals surface area contributed by atoms with Gasteiger partial charge in [-0.2, -0.15) is 0 Å². The van der Waals surface area contributed by atoms with Gasteiger partial charge in [0.05, 0.1) is 7.11 Å². The number of carbonyl (C=O) groups excluding carboxylic acids is 3. The topological polar surface area (TPSA) is 140 Å². The quantitative estimate of drug-likeness (QED) is 0.326. The van der Waals surface area contributed by atoms with Crippen LogP contribution in [0, 0.1) is 0 Å². The van der Waals surface area contributed by atoms with Crippen molar-refractivity contribution >= 4 is 24.1 Å². The Bertz CT molecular complexity index is 1060. The van der Waals surface area contributed by atoms with Crippen LogP contribution in [0.5, 0.6) is 0 Å². The number of amides is 2. The van der Waals surface area contributed by atoms with Crippen molar-refractivity contribution < 1.29 is 38.5 Å². The van der Waals surface area contributed by atoms with Gasteiger partial charge in [0.25, 0.3) is 0 Å². The fourth-order valence-electron chi connectivity index (χ4n) is 3.13. The van der Waals surface area contributed by atoms with E-state index in [1.807, 2.05) is 60.7 Å². The third-order valence-corrected chi connectivity index (χ3v) is 4.73. The van der Waals surface area contributed by atoms with Crippen LogP contribution in [0.2, 0.25) is 0 Å². The van der Waals surface area contributed by atoms with E-state index in [0.717, 1.165) is 11.1 Å². The molecule has 0 aromatic heterocycles. The van der Waals surface area contributed by atoms with Gasteiger partial charge in [-0.1, -0.05) is 60.7 Å². The maximum atomic E-state index is 11.7. The van der Waals surface area contributed by atoms with Gasteiger partial charge >= 0.3 is 24.1 Å². The number of nitrogens with one attached hydrogen (secondary N) is 2. The second-order valence-electron chi connectivity index (χ2n) is 10.6. The van der Waals surface area contributed by atoms with Crippen molar-refractivity contribution in [3.63, 3.8) is 0 Å². The average Bonchev–Trinajstić information content (AvgIpc) is 2.82. The number of alkyl carbamates (subject to hydrolysis) is 2. The number of hydrogen-bond donors (Lipinski definition) is 3. The summed E-state index contributed by atoms with van der Waals surface area (Å²) in [6.45, 7) is 10.4. The van der Waals surface area contributed by atoms with Gasteiger partial charge in [-0.3, -0.25) is 0 Å². The van der Waals surface area contributed by atoms with Gasteiger partial charge in [0.2, 0.25) is 0 Å². The summed E-state index contributed by atoms with van der Waals surface area (Å²) in [5.74, 6) is -1.59. The summed E-state index contributed by atoms with van der Waals surface area (Å²) >= 11 is 0. The summed E-state index contributed by atoms with van der Waals surface area (Å²) < 4.78 is 14.9. The van der Waals surface area contributed by atoms with E-state index in [4.69, 9.17) is 19.3 Å². The molecule has 2 aromatic carbocycles. The van der Waals surface area contributed by atoms with Gasteiger partial charge in [-0.15, -0.1) is 0 Å². The average molecular weight is 545 g/mol. The van der Waals surface area contributed by atoms with Crippen LogP contribution in [-0.4, -0.2) is 59.6 Å². The molecule has 0 aliphatic carbocycles. The van der Waals surface area contributed by atoms with Crippen molar-refractivity contribution in [1.29, 1.82) is 0 Å². The summed E-state index contributed by atoms with van der Waals surface area (Å²) in [7, 11) is 1.29. The lowest BCUT2D eigenvalue weighted by molar-refractivity contribution is -0.143. The third-order valence-electron chi connectivity index (χ3n) is 4.73. The number of esters is 1. The molecule has 3 N–H and O–H groups in total. The Kier molecular flexibility index (Phi) is 13.0. The zero-order chi connectivity index (χ0) is 29.6. The van der Waals surface area contributed by atoms with Crippen molar-refractivity contribution in [3.8, 4) is 0 Å². The Morgan fingerprint density at radius 2 is 1.05 bits per heavy atom. The van der Waals surface area contributed by atoms with E-state index in [1.165, 1.54) is 7.11 Å². The predicted molar refractivity (Wildman–Crippen MR) is 146 cm³/mol. The molecule has 0 saturated heterocycles. The number of carbonyl (C=O) groups is 4. The van der Waals surface area contributed by atoms with Crippen LogP contribution in [0.1, 0.15) is 52.7 Å². The van der Waals surface area contributed by atoms with Crippen molar-refractivity contribution in [2.24, 2.45) is 0 Å². The molecule has 0 radical (unpaired) electrons. The first-order valence-electron chi connectivity index (χ1n) is 12.5. The van der Waals surface area contributed by atoms with E-state index in [0.29, 0.717) is 6.42 Å². The summed E-state index contributed by atoms with van der Waals surface area (Å²) in [5.41, 5.74) is 0.502. The molecular weight excluding hydrogens is 504 g/mol. The van der Waals surface area contributed by atoms with Gasteiger partial charge in [0.15, 0.2) is 0 Å². The monoisotopic (exact) mass is 544 g/mol. The standard InChI is InChI=1S/C15H21NO4.C14H19NO4/c1-15(2,3)20-14(18)16-12(13(17)19-4)10-11-8-6-5-7-9-11;1-14(2,3)19-13(18)15-11(12(16)17)9-10-7-5-4-6-8-10/h5-9,12H,10H2,1-4H3,(H,16,18);4-8,11H,9H2,1-3H3,(H,15,18)(H,16,17). The smallest absolute Gasteiger partial charge is 0.408 e. The van der Waals surface area contributed by atoms with E-state index >= 15 is 0 Å². The molecule has 2 rings (SSSR count). The fraction of sp³-hybridized carbons (Fsp3) is 0.448. The number of carboxylic acids is 1. The highest BCUT2D eigenvalue weighted by Gasteiger charge is 2.26. The lowest BCUT2D eigenvalue weighted by Crippen LogP contribution is -2.45. The number of ether oxygens (including phenoxy) is 3.